The summed E-state index contributed by atoms with van der Waals surface area (Å²) in [7, 11) is 0. The van der Waals surface area contributed by atoms with Crippen molar-refractivity contribution in [1.82, 2.24) is 4.90 Å². The van der Waals surface area contributed by atoms with Gasteiger partial charge in [-0.3, -0.25) is 4.90 Å². The maximum Gasteiger partial charge on any atom is 0.0802 e. The van der Waals surface area contributed by atoms with Crippen LogP contribution in [0, 0.1) is 0 Å². The molecule has 3 atom stereocenters. The van der Waals surface area contributed by atoms with Crippen LogP contribution in [0.15, 0.2) is 0 Å². The van der Waals surface area contributed by atoms with E-state index >= 15 is 0 Å². The van der Waals surface area contributed by atoms with E-state index in [-0.39, 0.29) is 5.60 Å². The Hall–Kier alpha value is 0.360. The molecule has 0 aromatic carbocycles. The molecule has 3 unspecified atom stereocenters. The molecule has 0 aromatic heterocycles. The number of ether oxygens (including phenoxy) is 2. The lowest BCUT2D eigenvalue weighted by Crippen LogP contribution is -2.49. The van der Waals surface area contributed by atoms with Gasteiger partial charge < -0.3 is 9.47 Å². The summed E-state index contributed by atoms with van der Waals surface area (Å²) < 4.78 is 11.9. The molecule has 0 spiro atoms. The van der Waals surface area contributed by atoms with Crippen molar-refractivity contribution in [2.75, 3.05) is 25.0 Å². The summed E-state index contributed by atoms with van der Waals surface area (Å²) in [6.07, 6.45) is 3.44. The lowest BCUT2D eigenvalue weighted by atomic mass is 10.1. The van der Waals surface area contributed by atoms with Gasteiger partial charge in [0.05, 0.1) is 23.9 Å². The molecule has 2 aliphatic heterocycles. The Morgan fingerprint density at radius 3 is 2.65 bits per heavy atom. The first-order valence-corrected chi connectivity index (χ1v) is 7.72. The number of rotatable bonds is 3. The highest BCUT2D eigenvalue weighted by atomic mass is 79.9. The lowest BCUT2D eigenvalue weighted by Gasteiger charge is -2.37. The number of nitrogens with zero attached hydrogens (tertiary/aromatic N) is 1. The zero-order valence-electron chi connectivity index (χ0n) is 11.1. The smallest absolute Gasteiger partial charge is 0.0802 e. The molecule has 100 valence electrons. The van der Waals surface area contributed by atoms with Crippen LogP contribution in [0.5, 0.6) is 0 Å². The highest BCUT2D eigenvalue weighted by Gasteiger charge is 2.34. The van der Waals surface area contributed by atoms with Gasteiger partial charge in [-0.2, -0.15) is 0 Å². The predicted molar refractivity (Wildman–Crippen MR) is 72.8 cm³/mol. The third kappa shape index (κ3) is 3.91. The maximum atomic E-state index is 6.06. The second kappa shape index (κ2) is 5.55. The van der Waals surface area contributed by atoms with E-state index in [1.165, 1.54) is 12.8 Å². The summed E-state index contributed by atoms with van der Waals surface area (Å²) in [5.74, 6) is 0. The van der Waals surface area contributed by atoms with E-state index in [1.54, 1.807) is 0 Å². The van der Waals surface area contributed by atoms with Crippen molar-refractivity contribution in [2.24, 2.45) is 0 Å². The van der Waals surface area contributed by atoms with Gasteiger partial charge in [0, 0.05) is 25.0 Å². The van der Waals surface area contributed by atoms with Gasteiger partial charge >= 0.3 is 0 Å². The van der Waals surface area contributed by atoms with Crippen LogP contribution >= 0.6 is 15.9 Å². The first-order valence-electron chi connectivity index (χ1n) is 6.60. The van der Waals surface area contributed by atoms with Crippen molar-refractivity contribution in [3.63, 3.8) is 0 Å². The van der Waals surface area contributed by atoms with E-state index in [1.807, 2.05) is 0 Å². The second-order valence-corrected chi connectivity index (χ2v) is 6.63. The van der Waals surface area contributed by atoms with Crippen molar-refractivity contribution in [1.29, 1.82) is 0 Å². The van der Waals surface area contributed by atoms with Gasteiger partial charge in [-0.1, -0.05) is 15.9 Å². The van der Waals surface area contributed by atoms with Crippen LogP contribution in [0.4, 0.5) is 0 Å². The van der Waals surface area contributed by atoms with E-state index in [0.717, 1.165) is 25.0 Å². The van der Waals surface area contributed by atoms with Gasteiger partial charge in [0.2, 0.25) is 0 Å². The van der Waals surface area contributed by atoms with Gasteiger partial charge in [0.15, 0.2) is 0 Å². The molecule has 0 amide bonds. The van der Waals surface area contributed by atoms with Gasteiger partial charge in [0.25, 0.3) is 0 Å². The molecule has 2 fully saturated rings. The lowest BCUT2D eigenvalue weighted by molar-refractivity contribution is -0.0865. The summed E-state index contributed by atoms with van der Waals surface area (Å²) in [5, 5.41) is 0.921. The number of halogens is 1. The molecule has 2 rings (SSSR count). The topological polar surface area (TPSA) is 21.7 Å². The van der Waals surface area contributed by atoms with Gasteiger partial charge in [-0.05, 0) is 33.6 Å². The largest absolute Gasteiger partial charge is 0.372 e. The molecule has 3 nitrogen and oxygen atoms in total. The molecule has 2 saturated heterocycles. The van der Waals surface area contributed by atoms with Gasteiger partial charge in [-0.15, -0.1) is 0 Å². The van der Waals surface area contributed by atoms with Crippen LogP contribution < -0.4 is 0 Å². The number of alkyl halides is 1. The molecule has 0 radical (unpaired) electrons. The molecule has 0 saturated carbocycles. The molecular formula is C13H24BrNO2. The van der Waals surface area contributed by atoms with Gasteiger partial charge in [-0.25, -0.2) is 0 Å². The van der Waals surface area contributed by atoms with E-state index in [2.05, 4.69) is 41.6 Å². The Labute approximate surface area is 113 Å². The van der Waals surface area contributed by atoms with Crippen molar-refractivity contribution in [2.45, 2.75) is 57.5 Å². The van der Waals surface area contributed by atoms with Crippen LogP contribution in [0.1, 0.15) is 33.6 Å². The molecule has 17 heavy (non-hydrogen) atoms. The predicted octanol–water partition coefficient (Wildman–Crippen LogP) is 2.43. The third-order valence-electron chi connectivity index (χ3n) is 3.59. The Bertz CT molecular complexity index is 260. The van der Waals surface area contributed by atoms with Crippen molar-refractivity contribution >= 4 is 15.9 Å². The minimum absolute atomic E-state index is 0.0807. The highest BCUT2D eigenvalue weighted by molar-refractivity contribution is 9.09. The average molecular weight is 306 g/mol. The summed E-state index contributed by atoms with van der Waals surface area (Å²) >= 11 is 3.51. The molecule has 0 aliphatic carbocycles. The van der Waals surface area contributed by atoms with Crippen LogP contribution in [0.2, 0.25) is 0 Å². The molecule has 0 N–H and O–H groups in total. The Balaban J connectivity index is 1.82. The van der Waals surface area contributed by atoms with E-state index in [0.29, 0.717) is 18.3 Å². The second-order valence-electron chi connectivity index (χ2n) is 5.98. The SMILES string of the molecule is CC1CN(CC2CCC(C)(C)O2)CC(CBr)O1. The van der Waals surface area contributed by atoms with Crippen molar-refractivity contribution < 1.29 is 9.47 Å². The summed E-state index contributed by atoms with van der Waals surface area (Å²) in [4.78, 5) is 2.49. The van der Waals surface area contributed by atoms with Crippen LogP contribution in [0.3, 0.4) is 0 Å². The molecular weight excluding hydrogens is 282 g/mol. The van der Waals surface area contributed by atoms with Crippen LogP contribution in [-0.4, -0.2) is 53.8 Å². The zero-order valence-corrected chi connectivity index (χ0v) is 12.7. The fourth-order valence-corrected chi connectivity index (χ4v) is 3.23. The van der Waals surface area contributed by atoms with Gasteiger partial charge in [0.1, 0.15) is 0 Å². The summed E-state index contributed by atoms with van der Waals surface area (Å²) in [5.41, 5.74) is 0.0807. The molecule has 2 heterocycles. The van der Waals surface area contributed by atoms with Crippen LogP contribution in [-0.2, 0) is 9.47 Å². The first-order chi connectivity index (χ1) is 7.98. The average Bonchev–Trinajstić information content (AvgIpc) is 2.57. The molecule has 0 bridgehead atoms. The Morgan fingerprint density at radius 1 is 1.29 bits per heavy atom. The zero-order chi connectivity index (χ0) is 12.5. The fraction of sp³-hybridized carbons (Fsp3) is 1.00. The van der Waals surface area contributed by atoms with E-state index in [9.17, 15) is 0 Å². The van der Waals surface area contributed by atoms with E-state index in [4.69, 9.17) is 9.47 Å². The number of hydrogen-bond donors (Lipinski definition) is 0. The minimum atomic E-state index is 0.0807. The summed E-state index contributed by atoms with van der Waals surface area (Å²) in [6, 6.07) is 0. The quantitative estimate of drug-likeness (QED) is 0.748. The summed E-state index contributed by atoms with van der Waals surface area (Å²) in [6.45, 7) is 9.65. The molecule has 0 aromatic rings. The molecule has 2 aliphatic rings. The minimum Gasteiger partial charge on any atom is -0.372 e. The normalized spacial score (nSPS) is 38.5. The number of morpholine rings is 1. The fourth-order valence-electron chi connectivity index (χ4n) is 2.87. The first kappa shape index (κ1) is 13.8. The Kier molecular flexibility index (Phi) is 4.50. The number of hydrogen-bond acceptors (Lipinski definition) is 3. The van der Waals surface area contributed by atoms with Crippen molar-refractivity contribution in [3.8, 4) is 0 Å². The van der Waals surface area contributed by atoms with Crippen molar-refractivity contribution in [3.05, 3.63) is 0 Å². The maximum absolute atomic E-state index is 6.06. The standard InChI is InChI=1S/C13H24BrNO2/c1-10-7-15(9-12(6-14)16-10)8-11-4-5-13(2,3)17-11/h10-12H,4-9H2,1-3H3. The Morgan fingerprint density at radius 2 is 2.06 bits per heavy atom. The highest BCUT2D eigenvalue weighted by Crippen LogP contribution is 2.30. The van der Waals surface area contributed by atoms with Crippen LogP contribution in [0.25, 0.3) is 0 Å². The third-order valence-corrected chi connectivity index (χ3v) is 4.31. The molecule has 4 heteroatoms. The monoisotopic (exact) mass is 305 g/mol. The van der Waals surface area contributed by atoms with E-state index < -0.39 is 0 Å².